The van der Waals surface area contributed by atoms with Gasteiger partial charge in [-0.2, -0.15) is 6.07 Å². The summed E-state index contributed by atoms with van der Waals surface area (Å²) in [5.74, 6) is 0. The van der Waals surface area contributed by atoms with Crippen molar-refractivity contribution in [3.05, 3.63) is 66.7 Å². The van der Waals surface area contributed by atoms with Crippen LogP contribution in [0, 0.1) is 33.0 Å². The molecule has 0 amide bonds. The molecule has 0 atom stereocenters. The van der Waals surface area contributed by atoms with Crippen molar-refractivity contribution in [1.82, 2.24) is 9.55 Å². The number of aromatic nitrogens is 2. The van der Waals surface area contributed by atoms with Gasteiger partial charge in [-0.1, -0.05) is 17.7 Å². The number of hydrogen-bond acceptors (Lipinski definition) is 0. The zero-order valence-electron chi connectivity index (χ0n) is 16.3. The smallest absolute Gasteiger partial charge is 0.486 e. The predicted molar refractivity (Wildman–Crippen MR) is 91.7 cm³/mol. The van der Waals surface area contributed by atoms with Gasteiger partial charge in [0, 0.05) is 165 Å². The van der Waals surface area contributed by atoms with Crippen molar-refractivity contribution in [3.8, 4) is 11.3 Å². The molecule has 0 aliphatic rings. The van der Waals surface area contributed by atoms with Gasteiger partial charge in [0.2, 0.25) is 0 Å². The minimum absolute atomic E-state index is 0. The SMILES string of the molecule is [CH2-]Cn1c(-c2[c-]c3c[c-][nH]c3cc2)c(C)c2ccc(C)cc21.[W+2].[W].[W].[W].[W].[W].[W].[Y]. The van der Waals surface area contributed by atoms with E-state index in [0.29, 0.717) is 6.54 Å². The number of benzene rings is 2. The monoisotopic (exact) mass is 1660 g/mol. The van der Waals surface area contributed by atoms with Crippen LogP contribution in [0.2, 0.25) is 0 Å². The van der Waals surface area contributed by atoms with Crippen LogP contribution in [-0.2, 0) is 187 Å². The van der Waals surface area contributed by atoms with Crippen LogP contribution in [0.1, 0.15) is 11.1 Å². The zero-order valence-corrected chi connectivity index (χ0v) is 39.6. The second-order valence-corrected chi connectivity index (χ2v) is 5.76. The Morgan fingerprint density at radius 2 is 1.60 bits per heavy atom. The fourth-order valence-electron chi connectivity index (χ4n) is 3.27. The van der Waals surface area contributed by atoms with Crippen LogP contribution in [0.4, 0.5) is 0 Å². The number of hydrogen-bond donors (Lipinski definition) is 1. The summed E-state index contributed by atoms with van der Waals surface area (Å²) >= 11 is 0. The maximum absolute atomic E-state index is 4.12. The summed E-state index contributed by atoms with van der Waals surface area (Å²) in [5.41, 5.74) is 7.18. The van der Waals surface area contributed by atoms with E-state index in [9.17, 15) is 0 Å². The third kappa shape index (κ3) is 8.83. The third-order valence-electron chi connectivity index (χ3n) is 4.35. The average molecular weight is 1660 g/mol. The molecule has 0 spiro atoms. The number of rotatable bonds is 2. The molecule has 0 aliphatic heterocycles. The van der Waals surface area contributed by atoms with Gasteiger partial charge in [0.05, 0.1) is 0 Å². The van der Waals surface area contributed by atoms with E-state index in [2.05, 4.69) is 72.9 Å². The summed E-state index contributed by atoms with van der Waals surface area (Å²) in [6.45, 7) is 9.14. The Labute approximate surface area is 304 Å². The predicted octanol–water partition coefficient (Wildman–Crippen LogP) is 4.82. The third-order valence-corrected chi connectivity index (χ3v) is 4.35. The first kappa shape index (κ1) is 43.5. The normalized spacial score (nSPS) is 8.50. The van der Waals surface area contributed by atoms with E-state index >= 15 is 0 Å². The summed E-state index contributed by atoms with van der Waals surface area (Å²) in [7, 11) is 0. The molecule has 0 saturated carbocycles. The van der Waals surface area contributed by atoms with E-state index in [4.69, 9.17) is 0 Å². The van der Waals surface area contributed by atoms with E-state index in [1.54, 1.807) is 0 Å². The van der Waals surface area contributed by atoms with Gasteiger partial charge in [-0.05, 0) is 36.6 Å². The molecule has 0 fully saturated rings. The molecule has 4 aromatic rings. The maximum atomic E-state index is 4.12. The van der Waals surface area contributed by atoms with Gasteiger partial charge in [-0.15, -0.1) is 36.0 Å². The Bertz CT molecular complexity index is 1020. The molecular weight excluding hydrogens is 1640 g/mol. The van der Waals surface area contributed by atoms with Crippen molar-refractivity contribution in [3.63, 3.8) is 0 Å². The molecule has 4 rings (SSSR count). The number of aromatic amines is 1. The molecule has 1 N–H and O–H groups in total. The topological polar surface area (TPSA) is 20.7 Å². The van der Waals surface area contributed by atoms with Crippen LogP contribution in [0.25, 0.3) is 33.1 Å². The van der Waals surface area contributed by atoms with Gasteiger partial charge in [-0.3, -0.25) is 0 Å². The maximum Gasteiger partial charge on any atom is 2.00 e. The summed E-state index contributed by atoms with van der Waals surface area (Å²) in [6.07, 6.45) is 3.02. The number of aryl methyl sites for hydroxylation is 2. The van der Waals surface area contributed by atoms with Crippen LogP contribution in [-0.4, -0.2) is 9.55 Å². The quantitative estimate of drug-likeness (QED) is 0.279. The molecule has 2 aromatic carbocycles. The first-order chi connectivity index (χ1) is 10.7. The Morgan fingerprint density at radius 3 is 2.20 bits per heavy atom. The first-order valence-corrected chi connectivity index (χ1v) is 7.49. The summed E-state index contributed by atoms with van der Waals surface area (Å²) in [5, 5.41) is 2.35. The Kier molecular flexibility index (Phi) is 28.4. The van der Waals surface area contributed by atoms with E-state index in [1.807, 2.05) is 6.07 Å². The number of nitrogens with zero attached hydrogens (tertiary/aromatic N) is 1. The van der Waals surface area contributed by atoms with Gasteiger partial charge in [0.15, 0.2) is 0 Å². The minimum Gasteiger partial charge on any atom is -0.486 e. The largest absolute Gasteiger partial charge is 2.00 e. The van der Waals surface area contributed by atoms with Gasteiger partial charge in [0.25, 0.3) is 0 Å². The molecule has 153 valence electrons. The zero-order chi connectivity index (χ0) is 15.3. The standard InChI is InChI=1S/C20H17N2.7W.Y/c1-4-22-19-11-13(2)5-7-17(19)14(3)20(22)16-6-8-18-15(12-16)9-10-21-18;;;;;;;;/h5-9,11,21H,1,4H2,2-3H3;;;;;;;;/q-3;;;;;;;+2;. The summed E-state index contributed by atoms with van der Waals surface area (Å²) in [4.78, 5) is 3.10. The van der Waals surface area contributed by atoms with Crippen LogP contribution in [0.3, 0.4) is 0 Å². The van der Waals surface area contributed by atoms with Crippen LogP contribution >= 0.6 is 0 Å². The van der Waals surface area contributed by atoms with Crippen molar-refractivity contribution >= 4 is 21.8 Å². The fourth-order valence-corrected chi connectivity index (χ4v) is 3.27. The van der Waals surface area contributed by atoms with E-state index in [-0.39, 0.29) is 180 Å². The Morgan fingerprint density at radius 1 is 0.967 bits per heavy atom. The molecule has 0 bridgehead atoms. The molecule has 0 aliphatic carbocycles. The van der Waals surface area contributed by atoms with Crippen LogP contribution in [0.15, 0.2) is 36.4 Å². The molecule has 0 saturated heterocycles. The molecule has 10 heteroatoms. The van der Waals surface area contributed by atoms with Gasteiger partial charge >= 0.3 is 21.1 Å². The van der Waals surface area contributed by atoms with Crippen LogP contribution in [0.5, 0.6) is 0 Å². The first-order valence-electron chi connectivity index (χ1n) is 7.49. The van der Waals surface area contributed by atoms with E-state index in [1.165, 1.54) is 27.7 Å². The van der Waals surface area contributed by atoms with E-state index in [0.717, 1.165) is 16.5 Å². The Balaban J connectivity index is -0.000000260. The second-order valence-electron chi connectivity index (χ2n) is 5.76. The minimum atomic E-state index is 0. The summed E-state index contributed by atoms with van der Waals surface area (Å²) in [6, 6.07) is 16.3. The molecule has 30 heavy (non-hydrogen) atoms. The Hall–Kier alpha value is 3.44. The molecule has 1 radical (unpaired) electrons. The second kappa shape index (κ2) is 19.6. The van der Waals surface area contributed by atoms with Gasteiger partial charge < -0.3 is 16.5 Å². The average Bonchev–Trinajstić information content (AvgIpc) is 3.08. The van der Waals surface area contributed by atoms with Crippen molar-refractivity contribution in [2.45, 2.75) is 20.4 Å². The number of H-pyrrole nitrogens is 1. The molecule has 2 nitrogen and oxygen atoms in total. The summed E-state index contributed by atoms with van der Waals surface area (Å²) < 4.78 is 2.28. The van der Waals surface area contributed by atoms with Crippen molar-refractivity contribution in [2.75, 3.05) is 0 Å². The molecule has 0 unspecified atom stereocenters. The molecule has 2 heterocycles. The number of nitrogens with one attached hydrogen (secondary N) is 1. The number of fused-ring (bicyclic) bond motifs is 2. The van der Waals surface area contributed by atoms with Gasteiger partial charge in [0.1, 0.15) is 0 Å². The van der Waals surface area contributed by atoms with E-state index < -0.39 is 0 Å². The van der Waals surface area contributed by atoms with Crippen LogP contribution < -0.4 is 0 Å². The van der Waals surface area contributed by atoms with Crippen molar-refractivity contribution in [2.24, 2.45) is 0 Å². The molecule has 2 aromatic heterocycles. The van der Waals surface area contributed by atoms with Gasteiger partial charge in [-0.25, -0.2) is 11.5 Å². The molecular formula is C20H17N2W7Y-. The van der Waals surface area contributed by atoms with Crippen molar-refractivity contribution in [1.29, 1.82) is 0 Å². The fraction of sp³-hybridized carbons (Fsp3) is 0.150. The van der Waals surface area contributed by atoms with Crippen molar-refractivity contribution < 1.29 is 180 Å².